The molecule has 0 unspecified atom stereocenters. The molecular formula is C19H15F2NO4S2. The number of anilines is 1. The second-order valence-electron chi connectivity index (χ2n) is 5.46. The normalized spacial score (nSPS) is 10.7. The molecule has 0 fully saturated rings. The molecule has 0 atom stereocenters. The number of esters is 1. The Bertz CT molecular complexity index is 986. The first-order valence-electron chi connectivity index (χ1n) is 8.19. The standard InChI is InChI=1S/C19H15F2NO4S2/c1-2-25-19(24)17-12(15-4-3-7-26-15)9-28-18(17)22-16(23)10-27-11-5-6-13(20)14(21)8-11/h3-9H,2,10H2,1H3,(H,22,23). The second-order valence-corrected chi connectivity index (χ2v) is 7.39. The summed E-state index contributed by atoms with van der Waals surface area (Å²) in [7, 11) is 0. The minimum Gasteiger partial charge on any atom is -0.464 e. The maximum Gasteiger partial charge on any atom is 0.341 e. The van der Waals surface area contributed by atoms with Crippen LogP contribution in [0.2, 0.25) is 0 Å². The summed E-state index contributed by atoms with van der Waals surface area (Å²) in [5.41, 5.74) is 0.741. The molecule has 0 radical (unpaired) electrons. The van der Waals surface area contributed by atoms with Gasteiger partial charge in [-0.05, 0) is 37.3 Å². The molecule has 2 aromatic heterocycles. The van der Waals surface area contributed by atoms with Crippen molar-refractivity contribution in [3.05, 3.63) is 59.2 Å². The van der Waals surface area contributed by atoms with Crippen LogP contribution in [-0.2, 0) is 9.53 Å². The van der Waals surface area contributed by atoms with Gasteiger partial charge in [-0.3, -0.25) is 4.79 Å². The second kappa shape index (κ2) is 9.03. The lowest BCUT2D eigenvalue weighted by atomic mass is 10.1. The van der Waals surface area contributed by atoms with E-state index in [1.807, 2.05) is 0 Å². The predicted molar refractivity (Wildman–Crippen MR) is 104 cm³/mol. The van der Waals surface area contributed by atoms with E-state index in [2.05, 4.69) is 5.32 Å². The highest BCUT2D eigenvalue weighted by atomic mass is 32.2. The smallest absolute Gasteiger partial charge is 0.341 e. The summed E-state index contributed by atoms with van der Waals surface area (Å²) in [6, 6.07) is 6.81. The van der Waals surface area contributed by atoms with Crippen LogP contribution in [0.3, 0.4) is 0 Å². The molecule has 0 bridgehead atoms. The molecule has 1 N–H and O–H groups in total. The van der Waals surface area contributed by atoms with E-state index in [0.717, 1.165) is 23.9 Å². The summed E-state index contributed by atoms with van der Waals surface area (Å²) in [4.78, 5) is 25.1. The number of hydrogen-bond acceptors (Lipinski definition) is 6. The monoisotopic (exact) mass is 423 g/mol. The zero-order chi connectivity index (χ0) is 20.1. The highest BCUT2D eigenvalue weighted by Crippen LogP contribution is 2.36. The Morgan fingerprint density at radius 3 is 2.75 bits per heavy atom. The number of carbonyl (C=O) groups excluding carboxylic acids is 2. The molecule has 0 aliphatic carbocycles. The SMILES string of the molecule is CCOC(=O)c1c(-c2ccco2)csc1NC(=O)CSc1ccc(F)c(F)c1. The minimum atomic E-state index is -0.976. The molecule has 0 spiro atoms. The molecule has 0 aliphatic rings. The third kappa shape index (κ3) is 4.60. The molecule has 5 nitrogen and oxygen atoms in total. The number of rotatable bonds is 7. The Labute approximate surface area is 167 Å². The number of amides is 1. The van der Waals surface area contributed by atoms with Gasteiger partial charge in [-0.1, -0.05) is 0 Å². The van der Waals surface area contributed by atoms with Gasteiger partial charge < -0.3 is 14.5 Å². The van der Waals surface area contributed by atoms with Crippen molar-refractivity contribution in [1.82, 2.24) is 0 Å². The van der Waals surface area contributed by atoms with Gasteiger partial charge in [-0.2, -0.15) is 0 Å². The van der Waals surface area contributed by atoms with Crippen LogP contribution in [-0.4, -0.2) is 24.2 Å². The Morgan fingerprint density at radius 1 is 1.25 bits per heavy atom. The van der Waals surface area contributed by atoms with Crippen molar-refractivity contribution >= 4 is 40.0 Å². The minimum absolute atomic E-state index is 0.0404. The summed E-state index contributed by atoms with van der Waals surface area (Å²) in [5, 5.41) is 4.71. The summed E-state index contributed by atoms with van der Waals surface area (Å²) >= 11 is 2.22. The van der Waals surface area contributed by atoms with Crippen LogP contribution in [0.4, 0.5) is 13.8 Å². The molecule has 0 saturated heterocycles. The average molecular weight is 423 g/mol. The number of hydrogen-bond donors (Lipinski definition) is 1. The highest BCUT2D eigenvalue weighted by molar-refractivity contribution is 8.00. The van der Waals surface area contributed by atoms with Crippen molar-refractivity contribution < 1.29 is 27.5 Å². The van der Waals surface area contributed by atoms with Crippen molar-refractivity contribution in [2.75, 3.05) is 17.7 Å². The maximum atomic E-state index is 13.3. The lowest BCUT2D eigenvalue weighted by molar-refractivity contribution is -0.113. The topological polar surface area (TPSA) is 68.5 Å². The fourth-order valence-electron chi connectivity index (χ4n) is 2.35. The van der Waals surface area contributed by atoms with Crippen LogP contribution in [0.15, 0.2) is 51.3 Å². The third-order valence-corrected chi connectivity index (χ3v) is 5.46. The zero-order valence-corrected chi connectivity index (χ0v) is 16.3. The van der Waals surface area contributed by atoms with Crippen molar-refractivity contribution in [3.8, 4) is 11.3 Å². The Balaban J connectivity index is 1.74. The van der Waals surface area contributed by atoms with Gasteiger partial charge in [0.05, 0.1) is 18.6 Å². The van der Waals surface area contributed by atoms with Gasteiger partial charge in [-0.25, -0.2) is 13.6 Å². The molecule has 1 amide bonds. The molecular weight excluding hydrogens is 408 g/mol. The number of nitrogens with one attached hydrogen (secondary N) is 1. The molecule has 0 saturated carbocycles. The van der Waals surface area contributed by atoms with Crippen LogP contribution in [0.5, 0.6) is 0 Å². The fraction of sp³-hybridized carbons (Fsp3) is 0.158. The number of furan rings is 1. The van der Waals surface area contributed by atoms with Crippen LogP contribution in [0, 0.1) is 11.6 Å². The van der Waals surface area contributed by atoms with E-state index in [-0.39, 0.29) is 17.9 Å². The number of carbonyl (C=O) groups is 2. The van der Waals surface area contributed by atoms with E-state index >= 15 is 0 Å². The van der Waals surface area contributed by atoms with E-state index in [9.17, 15) is 18.4 Å². The summed E-state index contributed by atoms with van der Waals surface area (Å²) in [5.74, 6) is -2.45. The number of thiophene rings is 1. The van der Waals surface area contributed by atoms with Gasteiger partial charge in [0.1, 0.15) is 16.3 Å². The molecule has 0 aliphatic heterocycles. The van der Waals surface area contributed by atoms with Crippen molar-refractivity contribution in [2.24, 2.45) is 0 Å². The van der Waals surface area contributed by atoms with Gasteiger partial charge in [0.15, 0.2) is 11.6 Å². The lowest BCUT2D eigenvalue weighted by Crippen LogP contribution is -2.16. The summed E-state index contributed by atoms with van der Waals surface area (Å²) in [6.07, 6.45) is 1.48. The molecule has 9 heteroatoms. The van der Waals surface area contributed by atoms with Crippen LogP contribution in [0.1, 0.15) is 17.3 Å². The van der Waals surface area contributed by atoms with E-state index in [0.29, 0.717) is 21.2 Å². The first-order chi connectivity index (χ1) is 13.5. The molecule has 3 aromatic rings. The van der Waals surface area contributed by atoms with Crippen molar-refractivity contribution in [2.45, 2.75) is 11.8 Å². The van der Waals surface area contributed by atoms with Crippen LogP contribution in [0.25, 0.3) is 11.3 Å². The van der Waals surface area contributed by atoms with Crippen LogP contribution < -0.4 is 5.32 Å². The largest absolute Gasteiger partial charge is 0.464 e. The Kier molecular flexibility index (Phi) is 6.48. The van der Waals surface area contributed by atoms with Crippen molar-refractivity contribution in [3.63, 3.8) is 0 Å². The number of benzene rings is 1. The number of ether oxygens (including phenoxy) is 1. The first kappa shape index (κ1) is 20.1. The van der Waals surface area contributed by atoms with Crippen molar-refractivity contribution in [1.29, 1.82) is 0 Å². The molecule has 2 heterocycles. The zero-order valence-electron chi connectivity index (χ0n) is 14.7. The molecule has 146 valence electrons. The third-order valence-electron chi connectivity index (χ3n) is 3.57. The quantitative estimate of drug-likeness (QED) is 0.418. The fourth-order valence-corrected chi connectivity index (χ4v) is 4.02. The number of halogens is 2. The van der Waals surface area contributed by atoms with E-state index in [1.165, 1.54) is 23.7 Å². The van der Waals surface area contributed by atoms with Gasteiger partial charge in [0, 0.05) is 15.8 Å². The Hall–Kier alpha value is -2.65. The van der Waals surface area contributed by atoms with Gasteiger partial charge in [0.2, 0.25) is 5.91 Å². The first-order valence-corrected chi connectivity index (χ1v) is 10.1. The number of thioether (sulfide) groups is 1. The summed E-state index contributed by atoms with van der Waals surface area (Å²) in [6.45, 7) is 1.87. The van der Waals surface area contributed by atoms with E-state index in [1.54, 1.807) is 24.4 Å². The van der Waals surface area contributed by atoms with Gasteiger partial charge >= 0.3 is 5.97 Å². The van der Waals surface area contributed by atoms with Crippen LogP contribution >= 0.6 is 23.1 Å². The lowest BCUT2D eigenvalue weighted by Gasteiger charge is -2.08. The van der Waals surface area contributed by atoms with E-state index in [4.69, 9.17) is 9.15 Å². The molecule has 1 aromatic carbocycles. The average Bonchev–Trinajstić information content (AvgIpc) is 3.32. The molecule has 28 heavy (non-hydrogen) atoms. The van der Waals surface area contributed by atoms with Gasteiger partial charge in [-0.15, -0.1) is 23.1 Å². The van der Waals surface area contributed by atoms with E-state index < -0.39 is 23.5 Å². The Morgan fingerprint density at radius 2 is 2.07 bits per heavy atom. The highest BCUT2D eigenvalue weighted by Gasteiger charge is 2.24. The summed E-state index contributed by atoms with van der Waals surface area (Å²) < 4.78 is 36.7. The maximum absolute atomic E-state index is 13.3. The predicted octanol–water partition coefficient (Wildman–Crippen LogP) is 5.19. The molecule has 3 rings (SSSR count). The van der Waals surface area contributed by atoms with Gasteiger partial charge in [0.25, 0.3) is 0 Å².